The molecule has 1 aromatic rings. The zero-order chi connectivity index (χ0) is 19.5. The van der Waals surface area contributed by atoms with Gasteiger partial charge in [-0.25, -0.2) is 0 Å². The van der Waals surface area contributed by atoms with E-state index in [1.54, 1.807) is 7.11 Å². The van der Waals surface area contributed by atoms with Crippen molar-refractivity contribution in [2.75, 3.05) is 26.7 Å². The molecule has 1 N–H and O–H groups in total. The molecule has 28 heavy (non-hydrogen) atoms. The zero-order valence-corrected chi connectivity index (χ0v) is 17.1. The van der Waals surface area contributed by atoms with Crippen LogP contribution in [0, 0.1) is 11.8 Å². The van der Waals surface area contributed by atoms with Crippen LogP contribution in [0.1, 0.15) is 50.5 Å². The molecule has 0 amide bonds. The maximum absolute atomic E-state index is 11.1. The number of piperidine rings is 3. The third-order valence-electron chi connectivity index (χ3n) is 7.21. The molecule has 4 atom stereocenters. The standard InChI is InChI=1S/C23H34N2O3/c1-28-19-11-9-17(10-12-19)15-25-16-18-5-3-13-24-14-4-6-20(23(18)24)21(25)7-2-8-22(26)27/h9-12,18,20-21,23H,2-8,13-16H2,1H3,(H,26,27)/t18-,20+,21?,23-/m0/s1. The number of carboxylic acids is 1. The molecule has 1 aromatic carbocycles. The highest BCUT2D eigenvalue weighted by atomic mass is 16.5. The van der Waals surface area contributed by atoms with Crippen LogP contribution in [0.25, 0.3) is 0 Å². The molecule has 0 aromatic heterocycles. The van der Waals surface area contributed by atoms with Crippen molar-refractivity contribution in [2.45, 2.75) is 63.6 Å². The van der Waals surface area contributed by atoms with Crippen molar-refractivity contribution >= 4 is 5.97 Å². The van der Waals surface area contributed by atoms with E-state index in [0.29, 0.717) is 12.0 Å². The lowest BCUT2D eigenvalue weighted by atomic mass is 9.69. The Morgan fingerprint density at radius 1 is 1.18 bits per heavy atom. The summed E-state index contributed by atoms with van der Waals surface area (Å²) in [7, 11) is 1.70. The Hall–Kier alpha value is -1.59. The molecule has 5 heteroatoms. The third-order valence-corrected chi connectivity index (χ3v) is 7.21. The van der Waals surface area contributed by atoms with Gasteiger partial charge in [-0.05, 0) is 81.1 Å². The third kappa shape index (κ3) is 4.20. The highest BCUT2D eigenvalue weighted by molar-refractivity contribution is 5.66. The molecule has 3 aliphatic rings. The molecule has 0 spiro atoms. The lowest BCUT2D eigenvalue weighted by Gasteiger charge is -2.57. The van der Waals surface area contributed by atoms with Gasteiger partial charge in [0, 0.05) is 31.6 Å². The molecule has 5 nitrogen and oxygen atoms in total. The lowest BCUT2D eigenvalue weighted by Crippen LogP contribution is -2.64. The summed E-state index contributed by atoms with van der Waals surface area (Å²) >= 11 is 0. The van der Waals surface area contributed by atoms with Gasteiger partial charge in [-0.1, -0.05) is 12.1 Å². The van der Waals surface area contributed by atoms with Gasteiger partial charge in [0.15, 0.2) is 0 Å². The summed E-state index contributed by atoms with van der Waals surface area (Å²) in [6.45, 7) is 4.64. The van der Waals surface area contributed by atoms with E-state index in [1.807, 2.05) is 12.1 Å². The molecule has 3 heterocycles. The number of hydrogen-bond donors (Lipinski definition) is 1. The molecule has 3 saturated heterocycles. The summed E-state index contributed by atoms with van der Waals surface area (Å²) in [6, 6.07) is 9.67. The van der Waals surface area contributed by atoms with Crippen LogP contribution in [0.3, 0.4) is 0 Å². The Labute approximate surface area is 168 Å². The molecule has 154 valence electrons. The van der Waals surface area contributed by atoms with E-state index < -0.39 is 5.97 Å². The van der Waals surface area contributed by atoms with Crippen molar-refractivity contribution in [3.8, 4) is 5.75 Å². The predicted molar refractivity (Wildman–Crippen MR) is 109 cm³/mol. The second-order valence-electron chi connectivity index (χ2n) is 8.87. The number of aliphatic carboxylic acids is 1. The second-order valence-corrected chi connectivity index (χ2v) is 8.87. The van der Waals surface area contributed by atoms with Crippen LogP contribution in [0.15, 0.2) is 24.3 Å². The number of hydrogen-bond acceptors (Lipinski definition) is 4. The van der Waals surface area contributed by atoms with Crippen LogP contribution >= 0.6 is 0 Å². The predicted octanol–water partition coefficient (Wildman–Crippen LogP) is 3.62. The van der Waals surface area contributed by atoms with Gasteiger partial charge in [-0.2, -0.15) is 0 Å². The molecule has 3 aliphatic heterocycles. The van der Waals surface area contributed by atoms with Gasteiger partial charge >= 0.3 is 5.97 Å². The first-order valence-corrected chi connectivity index (χ1v) is 11.0. The van der Waals surface area contributed by atoms with Crippen LogP contribution in [0.5, 0.6) is 5.75 Å². The van der Waals surface area contributed by atoms with Crippen LogP contribution < -0.4 is 4.74 Å². The molecule has 1 unspecified atom stereocenters. The monoisotopic (exact) mass is 386 g/mol. The normalized spacial score (nSPS) is 30.6. The molecule has 0 saturated carbocycles. The highest BCUT2D eigenvalue weighted by Crippen LogP contribution is 2.43. The Morgan fingerprint density at radius 3 is 2.64 bits per heavy atom. The Balaban J connectivity index is 1.53. The van der Waals surface area contributed by atoms with Crippen molar-refractivity contribution in [3.05, 3.63) is 29.8 Å². The molecule has 0 aliphatic carbocycles. The fourth-order valence-corrected chi connectivity index (χ4v) is 6.09. The van der Waals surface area contributed by atoms with Crippen molar-refractivity contribution in [1.29, 1.82) is 0 Å². The maximum atomic E-state index is 11.1. The lowest BCUT2D eigenvalue weighted by molar-refractivity contribution is -0.137. The smallest absolute Gasteiger partial charge is 0.303 e. The molecule has 3 fully saturated rings. The van der Waals surface area contributed by atoms with E-state index in [9.17, 15) is 4.79 Å². The zero-order valence-electron chi connectivity index (χ0n) is 17.1. The second kappa shape index (κ2) is 8.83. The van der Waals surface area contributed by atoms with Crippen LogP contribution in [0.4, 0.5) is 0 Å². The number of carbonyl (C=O) groups is 1. The van der Waals surface area contributed by atoms with Gasteiger partial charge in [0.25, 0.3) is 0 Å². The Bertz CT molecular complexity index is 660. The summed E-state index contributed by atoms with van der Waals surface area (Å²) in [5.41, 5.74) is 1.32. The average Bonchev–Trinajstić information content (AvgIpc) is 2.71. The fourth-order valence-electron chi connectivity index (χ4n) is 6.09. The summed E-state index contributed by atoms with van der Waals surface area (Å²) < 4.78 is 5.31. The Kier molecular flexibility index (Phi) is 6.22. The largest absolute Gasteiger partial charge is 0.497 e. The first kappa shape index (κ1) is 19.7. The first-order valence-electron chi connectivity index (χ1n) is 11.0. The molecular formula is C23H34N2O3. The van der Waals surface area contributed by atoms with E-state index in [-0.39, 0.29) is 6.42 Å². The van der Waals surface area contributed by atoms with Gasteiger partial charge < -0.3 is 9.84 Å². The van der Waals surface area contributed by atoms with Crippen LogP contribution in [-0.2, 0) is 11.3 Å². The minimum Gasteiger partial charge on any atom is -0.497 e. The van der Waals surface area contributed by atoms with E-state index in [2.05, 4.69) is 21.9 Å². The number of methoxy groups -OCH3 is 1. The molecule has 0 bridgehead atoms. The summed E-state index contributed by atoms with van der Waals surface area (Å²) in [4.78, 5) is 16.5. The topological polar surface area (TPSA) is 53.0 Å². The van der Waals surface area contributed by atoms with Crippen molar-refractivity contribution < 1.29 is 14.6 Å². The highest BCUT2D eigenvalue weighted by Gasteiger charge is 2.48. The maximum Gasteiger partial charge on any atom is 0.303 e. The Morgan fingerprint density at radius 2 is 1.93 bits per heavy atom. The molecule has 4 rings (SSSR count). The van der Waals surface area contributed by atoms with Crippen molar-refractivity contribution in [2.24, 2.45) is 11.8 Å². The van der Waals surface area contributed by atoms with E-state index >= 15 is 0 Å². The van der Waals surface area contributed by atoms with Crippen LogP contribution in [0.2, 0.25) is 0 Å². The molecular weight excluding hydrogens is 352 g/mol. The average molecular weight is 387 g/mol. The minimum atomic E-state index is -0.668. The summed E-state index contributed by atoms with van der Waals surface area (Å²) in [6.07, 6.45) is 7.34. The van der Waals surface area contributed by atoms with Gasteiger partial charge in [0.1, 0.15) is 5.75 Å². The number of ether oxygens (including phenoxy) is 1. The van der Waals surface area contributed by atoms with E-state index in [0.717, 1.165) is 43.6 Å². The van der Waals surface area contributed by atoms with E-state index in [4.69, 9.17) is 9.84 Å². The van der Waals surface area contributed by atoms with Gasteiger partial charge in [-0.3, -0.25) is 14.6 Å². The number of rotatable bonds is 7. The quantitative estimate of drug-likeness (QED) is 0.776. The summed E-state index contributed by atoms with van der Waals surface area (Å²) in [5, 5.41) is 9.12. The van der Waals surface area contributed by atoms with Gasteiger partial charge in [0.2, 0.25) is 0 Å². The minimum absolute atomic E-state index is 0.289. The van der Waals surface area contributed by atoms with Crippen molar-refractivity contribution in [3.63, 3.8) is 0 Å². The summed E-state index contributed by atoms with van der Waals surface area (Å²) in [5.74, 6) is 1.70. The SMILES string of the molecule is COc1ccc(CN2C[C@@H]3CCCN4CCC[C@H](C2CCCC(=O)O)[C@H]34)cc1. The number of benzene rings is 1. The number of likely N-dealkylation sites (tertiary alicyclic amines) is 1. The van der Waals surface area contributed by atoms with Gasteiger partial charge in [0.05, 0.1) is 7.11 Å². The first-order chi connectivity index (χ1) is 13.7. The van der Waals surface area contributed by atoms with E-state index in [1.165, 1.54) is 44.3 Å². The van der Waals surface area contributed by atoms with Crippen molar-refractivity contribution in [1.82, 2.24) is 9.80 Å². The number of nitrogens with zero attached hydrogens (tertiary/aromatic N) is 2. The number of carboxylic acid groups (broad SMARTS) is 1. The fraction of sp³-hybridized carbons (Fsp3) is 0.696. The van der Waals surface area contributed by atoms with Gasteiger partial charge in [-0.15, -0.1) is 0 Å². The molecule has 0 radical (unpaired) electrons. The van der Waals surface area contributed by atoms with Crippen LogP contribution in [-0.4, -0.2) is 59.7 Å².